The Hall–Kier alpha value is -9.11. The van der Waals surface area contributed by atoms with E-state index in [2.05, 4.69) is 251 Å². The van der Waals surface area contributed by atoms with Crippen LogP contribution >= 0.6 is 0 Å². The van der Waals surface area contributed by atoms with Crippen LogP contribution in [0, 0.1) is 25.2 Å². The van der Waals surface area contributed by atoms with Crippen LogP contribution in [0.15, 0.2) is 212 Å². The fourth-order valence-corrected chi connectivity index (χ4v) is 11.8. The molecule has 0 aliphatic heterocycles. The van der Waals surface area contributed by atoms with Crippen LogP contribution < -0.4 is 0 Å². The average Bonchev–Trinajstić information content (AvgIpc) is 4.11. The quantitative estimate of drug-likeness (QED) is 0.170. The predicted molar refractivity (Wildman–Crippen MR) is 283 cm³/mol. The standard InChI is InChI=1S/C63H41N5/c1-39-20-19-21-40(2)58(39)59-62(67-54-34-15-7-26-45(54)46-27-8-16-35-55(46)67)60(65-50-30-11-3-22-41(50)42-23-4-12-31-51(42)65)49(38-64)61(66-52-32-13-5-24-43(52)44-25-6-14-33-53(44)66)63(59)68-56-36-17-9-28-47(56)48-29-10-18-37-57(48)68/h3-37H,1-2H3. The third-order valence-electron chi connectivity index (χ3n) is 14.5. The Morgan fingerprint density at radius 1 is 0.265 bits per heavy atom. The largest absolute Gasteiger partial charge is 0.306 e. The van der Waals surface area contributed by atoms with E-state index in [1.165, 1.54) is 0 Å². The maximum Gasteiger partial charge on any atom is 0.104 e. The molecule has 5 heteroatoms. The van der Waals surface area contributed by atoms with Crippen molar-refractivity contribution < 1.29 is 0 Å². The van der Waals surface area contributed by atoms with Crippen LogP contribution in [0.25, 0.3) is 121 Å². The van der Waals surface area contributed by atoms with Gasteiger partial charge in [-0.15, -0.1) is 0 Å². The summed E-state index contributed by atoms with van der Waals surface area (Å²) in [6.45, 7) is 4.48. The van der Waals surface area contributed by atoms with E-state index in [1.807, 2.05) is 0 Å². The number of aryl methyl sites for hydroxylation is 2. The smallest absolute Gasteiger partial charge is 0.104 e. The monoisotopic (exact) mass is 867 g/mol. The second-order valence-electron chi connectivity index (χ2n) is 18.0. The van der Waals surface area contributed by atoms with E-state index >= 15 is 0 Å². The van der Waals surface area contributed by atoms with Crippen molar-refractivity contribution in [3.05, 3.63) is 229 Å². The maximum absolute atomic E-state index is 12.7. The van der Waals surface area contributed by atoms with Gasteiger partial charge in [-0.3, -0.25) is 0 Å². The number of hydrogen-bond donors (Lipinski definition) is 0. The van der Waals surface area contributed by atoms with Gasteiger partial charge in [-0.1, -0.05) is 164 Å². The molecule has 0 bridgehead atoms. The van der Waals surface area contributed by atoms with Gasteiger partial charge >= 0.3 is 0 Å². The summed E-state index contributed by atoms with van der Waals surface area (Å²) < 4.78 is 9.73. The summed E-state index contributed by atoms with van der Waals surface area (Å²) in [5, 5.41) is 21.7. The summed E-state index contributed by atoms with van der Waals surface area (Å²) in [4.78, 5) is 0. The molecular formula is C63H41N5. The van der Waals surface area contributed by atoms with E-state index in [0.29, 0.717) is 5.56 Å². The Kier molecular flexibility index (Phi) is 8.11. The lowest BCUT2D eigenvalue weighted by atomic mass is 9.88. The Balaban J connectivity index is 1.39. The van der Waals surface area contributed by atoms with Crippen molar-refractivity contribution in [1.29, 1.82) is 5.26 Å². The van der Waals surface area contributed by atoms with Crippen LogP contribution in [-0.4, -0.2) is 18.3 Å². The molecule has 0 unspecified atom stereocenters. The third kappa shape index (κ3) is 5.09. The Morgan fingerprint density at radius 3 is 0.721 bits per heavy atom. The summed E-state index contributed by atoms with van der Waals surface area (Å²) in [6, 6.07) is 79.4. The van der Waals surface area contributed by atoms with Gasteiger partial charge in [0.2, 0.25) is 0 Å². The molecule has 14 rings (SSSR count). The van der Waals surface area contributed by atoms with E-state index in [4.69, 9.17) is 0 Å². The first kappa shape index (κ1) is 38.2. The zero-order valence-electron chi connectivity index (χ0n) is 37.4. The molecule has 4 heterocycles. The van der Waals surface area contributed by atoms with Gasteiger partial charge in [-0.25, -0.2) is 0 Å². The number of nitriles is 1. The van der Waals surface area contributed by atoms with Crippen molar-refractivity contribution in [2.75, 3.05) is 0 Å². The van der Waals surface area contributed by atoms with Crippen LogP contribution in [0.3, 0.4) is 0 Å². The van der Waals surface area contributed by atoms with Gasteiger partial charge in [-0.05, 0) is 79.1 Å². The highest BCUT2D eigenvalue weighted by molar-refractivity contribution is 6.17. The number of benzene rings is 10. The highest BCUT2D eigenvalue weighted by Gasteiger charge is 2.35. The van der Waals surface area contributed by atoms with E-state index in [0.717, 1.165) is 132 Å². The van der Waals surface area contributed by atoms with Gasteiger partial charge < -0.3 is 18.3 Å². The predicted octanol–water partition coefficient (Wildman–Crippen LogP) is 16.2. The Bertz CT molecular complexity index is 4000. The summed E-state index contributed by atoms with van der Waals surface area (Å²) >= 11 is 0. The molecule has 0 atom stereocenters. The number of rotatable bonds is 5. The first-order chi connectivity index (χ1) is 33.6. The SMILES string of the molecule is Cc1cccc(C)c1-c1c(-n2c3ccccc3c3ccccc32)c(-n2c3ccccc3c3ccccc32)c(C#N)c(-n2c3ccccc3c3ccccc32)c1-n1c2ccccc2c2ccccc21. The Morgan fingerprint density at radius 2 is 0.485 bits per heavy atom. The Labute approximate surface area is 391 Å². The van der Waals surface area contributed by atoms with Gasteiger partial charge in [0.1, 0.15) is 11.6 Å². The van der Waals surface area contributed by atoms with E-state index < -0.39 is 0 Å². The minimum atomic E-state index is 0.562. The molecule has 0 aliphatic carbocycles. The highest BCUT2D eigenvalue weighted by atomic mass is 15.1. The molecule has 0 spiro atoms. The van der Waals surface area contributed by atoms with E-state index in [1.54, 1.807) is 0 Å². The zero-order valence-corrected chi connectivity index (χ0v) is 37.4. The van der Waals surface area contributed by atoms with Crippen molar-refractivity contribution in [3.8, 4) is 39.9 Å². The molecule has 0 amide bonds. The van der Waals surface area contributed by atoms with Crippen molar-refractivity contribution in [3.63, 3.8) is 0 Å². The molecule has 68 heavy (non-hydrogen) atoms. The third-order valence-corrected chi connectivity index (χ3v) is 14.5. The lowest BCUT2D eigenvalue weighted by Crippen LogP contribution is -2.17. The fraction of sp³-hybridized carbons (Fsp3) is 0.0317. The number of nitrogens with zero attached hydrogens (tertiary/aromatic N) is 5. The summed E-state index contributed by atoms with van der Waals surface area (Å²) in [5.74, 6) is 0. The molecule has 0 N–H and O–H groups in total. The first-order valence-electron chi connectivity index (χ1n) is 23.3. The molecular weight excluding hydrogens is 827 g/mol. The first-order valence-corrected chi connectivity index (χ1v) is 23.3. The van der Waals surface area contributed by atoms with Crippen LogP contribution in [0.4, 0.5) is 0 Å². The van der Waals surface area contributed by atoms with Gasteiger partial charge in [0.05, 0.1) is 66.9 Å². The molecule has 4 aromatic heterocycles. The molecule has 318 valence electrons. The fourth-order valence-electron chi connectivity index (χ4n) is 11.8. The van der Waals surface area contributed by atoms with Crippen molar-refractivity contribution in [2.45, 2.75) is 13.8 Å². The topological polar surface area (TPSA) is 43.5 Å². The molecule has 0 radical (unpaired) electrons. The maximum atomic E-state index is 12.7. The van der Waals surface area contributed by atoms with Crippen LogP contribution in [0.2, 0.25) is 0 Å². The number of aromatic nitrogens is 4. The molecule has 0 fully saturated rings. The molecule has 5 nitrogen and oxygen atoms in total. The lowest BCUT2D eigenvalue weighted by Gasteiger charge is -2.30. The molecule has 14 aromatic rings. The van der Waals surface area contributed by atoms with Crippen molar-refractivity contribution >= 4 is 87.2 Å². The molecule has 0 saturated heterocycles. The molecule has 0 saturated carbocycles. The molecule has 0 aliphatic rings. The number of fused-ring (bicyclic) bond motifs is 12. The minimum absolute atomic E-state index is 0.562. The van der Waals surface area contributed by atoms with Crippen LogP contribution in [0.5, 0.6) is 0 Å². The van der Waals surface area contributed by atoms with Gasteiger partial charge in [0.15, 0.2) is 0 Å². The number of para-hydroxylation sites is 8. The summed E-state index contributed by atoms with van der Waals surface area (Å²) in [7, 11) is 0. The summed E-state index contributed by atoms with van der Waals surface area (Å²) in [6.07, 6.45) is 0. The summed E-state index contributed by atoms with van der Waals surface area (Å²) in [5.41, 5.74) is 16.8. The van der Waals surface area contributed by atoms with Crippen LogP contribution in [-0.2, 0) is 0 Å². The normalized spacial score (nSPS) is 12.0. The van der Waals surface area contributed by atoms with Crippen LogP contribution in [0.1, 0.15) is 16.7 Å². The van der Waals surface area contributed by atoms with Gasteiger partial charge in [0, 0.05) is 48.7 Å². The number of hydrogen-bond acceptors (Lipinski definition) is 1. The zero-order chi connectivity index (χ0) is 45.2. The molecule has 10 aromatic carbocycles. The minimum Gasteiger partial charge on any atom is -0.306 e. The highest BCUT2D eigenvalue weighted by Crippen LogP contribution is 2.52. The van der Waals surface area contributed by atoms with Gasteiger partial charge in [-0.2, -0.15) is 5.26 Å². The van der Waals surface area contributed by atoms with E-state index in [-0.39, 0.29) is 0 Å². The lowest BCUT2D eigenvalue weighted by molar-refractivity contribution is 1.03. The second kappa shape index (κ2) is 14.4. The average molecular weight is 868 g/mol. The van der Waals surface area contributed by atoms with Gasteiger partial charge in [0.25, 0.3) is 0 Å². The van der Waals surface area contributed by atoms with Crippen molar-refractivity contribution in [1.82, 2.24) is 18.3 Å². The van der Waals surface area contributed by atoms with Crippen molar-refractivity contribution in [2.24, 2.45) is 0 Å². The second-order valence-corrected chi connectivity index (χ2v) is 18.0. The van der Waals surface area contributed by atoms with E-state index in [9.17, 15) is 5.26 Å².